The van der Waals surface area contributed by atoms with Crippen molar-refractivity contribution < 1.29 is 23.1 Å². The molecule has 2 aromatic carbocycles. The maximum Gasteiger partial charge on any atom is 0.312 e. The Morgan fingerprint density at radius 3 is 2.27 bits per heavy atom. The Kier molecular flexibility index (Phi) is 8.14. The molecule has 2 N–H and O–H groups in total. The molecule has 6 nitrogen and oxygen atoms in total. The predicted molar refractivity (Wildman–Crippen MR) is 148 cm³/mol. The molecular weight excluding hydrogens is 514 g/mol. The summed E-state index contributed by atoms with van der Waals surface area (Å²) in [5.74, 6) is -2.69. The number of hydrogen-bond acceptors (Lipinski definition) is 5. The minimum Gasteiger partial charge on any atom is -0.462 e. The summed E-state index contributed by atoms with van der Waals surface area (Å²) in [5.41, 5.74) is 6.54. The van der Waals surface area contributed by atoms with Gasteiger partial charge < -0.3 is 10.5 Å². The van der Waals surface area contributed by atoms with Gasteiger partial charge in [0, 0.05) is 12.1 Å². The van der Waals surface area contributed by atoms with E-state index in [2.05, 4.69) is 0 Å². The van der Waals surface area contributed by atoms with E-state index in [-0.39, 0.29) is 34.4 Å². The predicted octanol–water partition coefficient (Wildman–Crippen LogP) is 6.30. The van der Waals surface area contributed by atoms with Crippen molar-refractivity contribution in [1.29, 1.82) is 0 Å². The second kappa shape index (κ2) is 11.7. The molecule has 0 radical (unpaired) electrons. The molecule has 0 unspecified atom stereocenters. The number of nitrogens with two attached hydrogens (primary N) is 1. The van der Waals surface area contributed by atoms with Gasteiger partial charge in [0.05, 0.1) is 22.2 Å². The van der Waals surface area contributed by atoms with E-state index >= 15 is 0 Å². The molecule has 40 heavy (non-hydrogen) atoms. The van der Waals surface area contributed by atoms with E-state index in [9.17, 15) is 23.2 Å². The van der Waals surface area contributed by atoms with E-state index in [1.165, 1.54) is 16.7 Å². The number of carbonyl (C=O) groups is 2. The van der Waals surface area contributed by atoms with Crippen molar-refractivity contribution >= 4 is 17.6 Å². The van der Waals surface area contributed by atoms with Crippen molar-refractivity contribution in [1.82, 2.24) is 4.57 Å². The number of benzene rings is 2. The molecule has 210 valence electrons. The summed E-state index contributed by atoms with van der Waals surface area (Å²) in [7, 11) is 0. The lowest BCUT2D eigenvalue weighted by Gasteiger charge is -2.28. The summed E-state index contributed by atoms with van der Waals surface area (Å²) in [5, 5.41) is 0. The van der Waals surface area contributed by atoms with Gasteiger partial charge in [0.2, 0.25) is 0 Å². The number of pyridine rings is 1. The molecule has 1 aromatic heterocycles. The summed E-state index contributed by atoms with van der Waals surface area (Å²) in [6, 6.07) is 12.4. The van der Waals surface area contributed by atoms with E-state index in [0.29, 0.717) is 11.8 Å². The van der Waals surface area contributed by atoms with Crippen LogP contribution in [0.1, 0.15) is 85.7 Å². The van der Waals surface area contributed by atoms with Gasteiger partial charge in [-0.2, -0.15) is 0 Å². The zero-order valence-electron chi connectivity index (χ0n) is 22.5. The van der Waals surface area contributed by atoms with Crippen LogP contribution in [0.5, 0.6) is 0 Å². The number of halogens is 2. The fraction of sp³-hybridized carbons (Fsp3) is 0.406. The zero-order valence-corrected chi connectivity index (χ0v) is 22.5. The number of aromatic nitrogens is 1. The number of esters is 1. The van der Waals surface area contributed by atoms with Gasteiger partial charge in [-0.1, -0.05) is 25.0 Å². The second-order valence-corrected chi connectivity index (χ2v) is 11.1. The average molecular weight is 549 g/mol. The highest BCUT2D eigenvalue weighted by molar-refractivity contribution is 6.11. The first kappa shape index (κ1) is 27.7. The van der Waals surface area contributed by atoms with Crippen LogP contribution in [-0.2, 0) is 16.0 Å². The van der Waals surface area contributed by atoms with E-state index in [1.807, 2.05) is 12.1 Å². The smallest absolute Gasteiger partial charge is 0.312 e. The highest BCUT2D eigenvalue weighted by Gasteiger charge is 2.43. The summed E-state index contributed by atoms with van der Waals surface area (Å²) in [6.45, 7) is 0. The van der Waals surface area contributed by atoms with E-state index in [1.54, 1.807) is 12.1 Å². The largest absolute Gasteiger partial charge is 0.462 e. The van der Waals surface area contributed by atoms with Gasteiger partial charge in [0.1, 0.15) is 23.6 Å². The van der Waals surface area contributed by atoms with E-state index < -0.39 is 23.0 Å². The van der Waals surface area contributed by atoms with Crippen molar-refractivity contribution in [3.05, 3.63) is 93.3 Å². The first-order valence-electron chi connectivity index (χ1n) is 14.1. The lowest BCUT2D eigenvalue weighted by molar-refractivity contribution is -0.161. The van der Waals surface area contributed by atoms with E-state index in [0.717, 1.165) is 88.3 Å². The van der Waals surface area contributed by atoms with Crippen LogP contribution >= 0.6 is 0 Å². The Balaban J connectivity index is 1.28. The van der Waals surface area contributed by atoms with Gasteiger partial charge in [-0.25, -0.2) is 8.78 Å². The van der Waals surface area contributed by atoms with Gasteiger partial charge in [-0.3, -0.25) is 19.0 Å². The highest BCUT2D eigenvalue weighted by Crippen LogP contribution is 2.44. The number of ether oxygens (including phenoxy) is 1. The van der Waals surface area contributed by atoms with Crippen molar-refractivity contribution in [3.63, 3.8) is 0 Å². The summed E-state index contributed by atoms with van der Waals surface area (Å²) in [6.07, 6.45) is 10.6. The molecule has 2 saturated carbocycles. The molecule has 0 spiro atoms. The molecule has 0 bridgehead atoms. The normalized spacial score (nSPS) is 16.8. The van der Waals surface area contributed by atoms with Crippen LogP contribution in [0.2, 0.25) is 0 Å². The van der Waals surface area contributed by atoms with Gasteiger partial charge in [-0.15, -0.1) is 0 Å². The third-order valence-corrected chi connectivity index (χ3v) is 8.44. The number of carbonyl (C=O) groups excluding carboxylic acids is 2. The number of rotatable bonds is 9. The molecule has 3 aromatic rings. The molecule has 8 heteroatoms. The van der Waals surface area contributed by atoms with Crippen molar-refractivity contribution in [2.75, 3.05) is 5.73 Å². The first-order chi connectivity index (χ1) is 19.3. The molecule has 0 amide bonds. The van der Waals surface area contributed by atoms with Gasteiger partial charge in [-0.05, 0) is 93.7 Å². The van der Waals surface area contributed by atoms with Crippen LogP contribution in [0.3, 0.4) is 0 Å². The van der Waals surface area contributed by atoms with Crippen LogP contribution in [-0.4, -0.2) is 22.4 Å². The van der Waals surface area contributed by atoms with Gasteiger partial charge >= 0.3 is 5.97 Å². The number of ketones is 1. The Bertz CT molecular complexity index is 1450. The van der Waals surface area contributed by atoms with Crippen molar-refractivity contribution in [2.24, 2.45) is 5.41 Å². The molecule has 0 saturated heterocycles. The van der Waals surface area contributed by atoms with Crippen molar-refractivity contribution in [2.45, 2.75) is 76.7 Å². The third-order valence-electron chi connectivity index (χ3n) is 8.44. The van der Waals surface area contributed by atoms with Crippen LogP contribution in [0, 0.1) is 17.0 Å². The Morgan fingerprint density at radius 2 is 1.60 bits per heavy atom. The monoisotopic (exact) mass is 548 g/mol. The lowest BCUT2D eigenvalue weighted by atomic mass is 9.80. The molecular formula is C32H34F2N2O4. The SMILES string of the molecule is Nc1c(C(=O)c2ccc(F)cc2F)ccc(=O)n1-c1ccc(CCCC2(C(=O)OC3CCCC3)CCCC2)cc1. The van der Waals surface area contributed by atoms with Gasteiger partial charge in [0.15, 0.2) is 5.78 Å². The Morgan fingerprint density at radius 1 is 0.925 bits per heavy atom. The molecule has 1 heterocycles. The molecule has 2 fully saturated rings. The van der Waals surface area contributed by atoms with Crippen LogP contribution in [0.25, 0.3) is 5.69 Å². The Labute approximate surface area is 232 Å². The number of nitrogens with zero attached hydrogens (tertiary/aromatic N) is 1. The molecule has 0 aliphatic heterocycles. The van der Waals surface area contributed by atoms with Crippen molar-refractivity contribution in [3.8, 4) is 5.69 Å². The fourth-order valence-corrected chi connectivity index (χ4v) is 6.16. The van der Waals surface area contributed by atoms with E-state index in [4.69, 9.17) is 10.5 Å². The summed E-state index contributed by atoms with van der Waals surface area (Å²) in [4.78, 5) is 38.8. The van der Waals surface area contributed by atoms with Crippen LogP contribution in [0.15, 0.2) is 59.4 Å². The minimum atomic E-state index is -1.00. The lowest BCUT2D eigenvalue weighted by Crippen LogP contribution is -2.32. The minimum absolute atomic E-state index is 0.0166. The first-order valence-corrected chi connectivity index (χ1v) is 14.1. The molecule has 2 aliphatic carbocycles. The number of hydrogen-bond donors (Lipinski definition) is 1. The Hall–Kier alpha value is -3.81. The summed E-state index contributed by atoms with van der Waals surface area (Å²) >= 11 is 0. The number of anilines is 1. The molecule has 5 rings (SSSR count). The summed E-state index contributed by atoms with van der Waals surface area (Å²) < 4.78 is 34.6. The maximum atomic E-state index is 14.2. The molecule has 0 atom stereocenters. The second-order valence-electron chi connectivity index (χ2n) is 11.1. The zero-order chi connectivity index (χ0) is 28.3. The number of aryl methyl sites for hydroxylation is 1. The highest BCUT2D eigenvalue weighted by atomic mass is 19.1. The standard InChI is InChI=1S/C32H34F2N2O4/c33-22-11-14-25(27(34)20-22)29(38)26-15-16-28(37)36(30(26)35)23-12-9-21(10-13-23)6-5-19-32(17-3-4-18-32)31(39)40-24-7-1-2-8-24/h9-16,20,24H,1-8,17-19,35H2. The quantitative estimate of drug-likeness (QED) is 0.250. The van der Waals surface area contributed by atoms with Crippen LogP contribution in [0.4, 0.5) is 14.6 Å². The third kappa shape index (κ3) is 5.71. The topological polar surface area (TPSA) is 91.4 Å². The maximum absolute atomic E-state index is 14.2. The number of nitrogen functional groups attached to an aromatic ring is 1. The average Bonchev–Trinajstić information content (AvgIpc) is 3.62. The van der Waals surface area contributed by atoms with Crippen LogP contribution < -0.4 is 11.3 Å². The molecule has 2 aliphatic rings. The van der Waals surface area contributed by atoms with Gasteiger partial charge in [0.25, 0.3) is 5.56 Å². The fourth-order valence-electron chi connectivity index (χ4n) is 6.16.